The molecule has 0 aromatic rings. The first-order valence-electron chi connectivity index (χ1n) is 9.49. The number of ether oxygens (including phenoxy) is 1. The number of rotatable bonds is 4. The molecule has 1 unspecified atom stereocenters. The Morgan fingerprint density at radius 2 is 1.48 bits per heavy atom. The van der Waals surface area contributed by atoms with E-state index in [9.17, 15) is 0 Å². The molecule has 0 fully saturated rings. The van der Waals surface area contributed by atoms with Crippen molar-refractivity contribution in [1.82, 2.24) is 0 Å². The Morgan fingerprint density at radius 1 is 0.931 bits per heavy atom. The predicted molar refractivity (Wildman–Crippen MR) is 120 cm³/mol. The summed E-state index contributed by atoms with van der Waals surface area (Å²) in [5.74, 6) is 0. The summed E-state index contributed by atoms with van der Waals surface area (Å²) in [5, 5.41) is 0. The smallest absolute Gasteiger partial charge is 1.00 e. The molecule has 0 aliphatic heterocycles. The Morgan fingerprint density at radius 3 is 1.90 bits per heavy atom. The first-order chi connectivity index (χ1) is 11.7. The van der Waals surface area contributed by atoms with Crippen LogP contribution in [0.25, 0.3) is 0 Å². The first kappa shape index (κ1) is 32.1. The summed E-state index contributed by atoms with van der Waals surface area (Å²) in [7, 11) is 0. The van der Waals surface area contributed by atoms with E-state index in [4.69, 9.17) is 4.74 Å². The van der Waals surface area contributed by atoms with Crippen molar-refractivity contribution < 1.29 is 51.3 Å². The van der Waals surface area contributed by atoms with Crippen molar-refractivity contribution >= 4 is 23.5 Å². The van der Waals surface area contributed by atoms with Gasteiger partial charge in [0.2, 0.25) is 0 Å². The minimum absolute atomic E-state index is 0. The summed E-state index contributed by atoms with van der Waals surface area (Å²) >= 11 is 3.87. The van der Waals surface area contributed by atoms with Gasteiger partial charge in [-0.25, -0.2) is 6.08 Å². The van der Waals surface area contributed by atoms with Gasteiger partial charge in [-0.1, -0.05) is 47.6 Å². The van der Waals surface area contributed by atoms with Crippen molar-refractivity contribution in [3.63, 3.8) is 0 Å². The average molecular weight is 510 g/mol. The first-order valence-corrected chi connectivity index (χ1v) is 11.1. The second-order valence-electron chi connectivity index (χ2n) is 9.99. The van der Waals surface area contributed by atoms with E-state index < -0.39 is 5.60 Å². The largest absolute Gasteiger partial charge is 3.00 e. The predicted octanol–water partition coefficient (Wildman–Crippen LogP) is 1.47. The standard InChI is InChI=1S/C23H35OS2.2ClH.Ti/c1-20(2,3)24-23(17-12-10-11-13-17)15-14-18(25-21(4,5)6)16-19(23)26-22(7,8)9;;;/h10,12,14,16H,11,15H2,1-9H3;2*1H;/q-1;;;+3/p-2. The van der Waals surface area contributed by atoms with E-state index in [0.29, 0.717) is 0 Å². The van der Waals surface area contributed by atoms with Crippen LogP contribution in [-0.4, -0.2) is 20.7 Å². The second-order valence-corrected chi connectivity index (χ2v) is 13.8. The second kappa shape index (κ2) is 11.7. The van der Waals surface area contributed by atoms with Gasteiger partial charge < -0.3 is 29.6 Å². The number of allylic oxidation sites excluding steroid dienone is 3. The molecule has 1 radical (unpaired) electrons. The van der Waals surface area contributed by atoms with Gasteiger partial charge in [0.15, 0.2) is 0 Å². The van der Waals surface area contributed by atoms with Crippen LogP contribution in [0.2, 0.25) is 0 Å². The van der Waals surface area contributed by atoms with Gasteiger partial charge in [-0.05, 0) is 26.8 Å². The van der Waals surface area contributed by atoms with Gasteiger partial charge in [0.25, 0.3) is 0 Å². The minimum Gasteiger partial charge on any atom is -1.00 e. The molecule has 0 amide bonds. The Kier molecular flexibility index (Phi) is 12.9. The third-order valence-corrected chi connectivity index (χ3v) is 6.13. The maximum absolute atomic E-state index is 6.79. The van der Waals surface area contributed by atoms with Crippen molar-refractivity contribution in [1.29, 1.82) is 0 Å². The molecule has 0 N–H and O–H groups in total. The van der Waals surface area contributed by atoms with Crippen LogP contribution in [0.5, 0.6) is 0 Å². The van der Waals surface area contributed by atoms with E-state index in [1.807, 2.05) is 23.5 Å². The molecular formula is C23H35Cl2OS2Ti. The number of thioether (sulfide) groups is 2. The molecule has 0 spiro atoms. The van der Waals surface area contributed by atoms with Crippen molar-refractivity contribution in [2.45, 2.75) is 95.9 Å². The molecule has 2 aliphatic carbocycles. The van der Waals surface area contributed by atoms with Gasteiger partial charge in [0.05, 0.1) is 11.2 Å². The fourth-order valence-corrected chi connectivity index (χ4v) is 5.48. The summed E-state index contributed by atoms with van der Waals surface area (Å²) in [5.41, 5.74) is 0.530. The topological polar surface area (TPSA) is 9.23 Å². The molecule has 2 aliphatic rings. The minimum atomic E-state index is -0.425. The molecule has 29 heavy (non-hydrogen) atoms. The maximum Gasteiger partial charge on any atom is 3.00 e. The van der Waals surface area contributed by atoms with Crippen molar-refractivity contribution in [2.24, 2.45) is 0 Å². The van der Waals surface area contributed by atoms with Crippen LogP contribution in [0.1, 0.15) is 75.2 Å². The Balaban J connectivity index is 0. The molecular weight excluding hydrogens is 475 g/mol. The van der Waals surface area contributed by atoms with Crippen LogP contribution in [0, 0.1) is 6.08 Å². The van der Waals surface area contributed by atoms with Crippen molar-refractivity contribution in [3.05, 3.63) is 45.8 Å². The zero-order valence-corrected chi connectivity index (χ0v) is 23.9. The van der Waals surface area contributed by atoms with E-state index in [2.05, 4.69) is 92.7 Å². The molecule has 2 rings (SSSR count). The summed E-state index contributed by atoms with van der Waals surface area (Å²) < 4.78 is 7.11. The molecule has 0 saturated heterocycles. The SMILES string of the molecule is CC(C)(C)OC1(C2=[C-]CC=C2)CC=C(SC(C)(C)C)C=C1SC(C)(C)C.[Cl-].[Cl-].[Ti+3]. The normalized spacial score (nSPS) is 21.9. The van der Waals surface area contributed by atoms with E-state index in [1.54, 1.807) is 0 Å². The van der Waals surface area contributed by atoms with Crippen LogP contribution in [0.4, 0.5) is 0 Å². The average Bonchev–Trinajstić information content (AvgIpc) is 2.91. The van der Waals surface area contributed by atoms with Gasteiger partial charge in [-0.3, -0.25) is 6.08 Å². The molecule has 0 heterocycles. The van der Waals surface area contributed by atoms with E-state index in [1.165, 1.54) is 15.4 Å². The van der Waals surface area contributed by atoms with E-state index in [-0.39, 0.29) is 61.6 Å². The third-order valence-electron chi connectivity index (χ3n) is 3.71. The quantitative estimate of drug-likeness (QED) is 0.419. The van der Waals surface area contributed by atoms with Gasteiger partial charge in [-0.2, -0.15) is 11.6 Å². The van der Waals surface area contributed by atoms with Gasteiger partial charge in [0.1, 0.15) is 0 Å². The van der Waals surface area contributed by atoms with E-state index in [0.717, 1.165) is 12.8 Å². The number of hydrogen-bond donors (Lipinski definition) is 0. The number of halogens is 2. The Hall–Kier alpha value is 0.914. The zero-order valence-electron chi connectivity index (χ0n) is 19.2. The van der Waals surface area contributed by atoms with Crippen LogP contribution in [0.3, 0.4) is 0 Å². The summed E-state index contributed by atoms with van der Waals surface area (Å²) in [6.07, 6.45) is 14.4. The Bertz CT molecular complexity index is 662. The number of hydrogen-bond acceptors (Lipinski definition) is 3. The molecule has 0 saturated carbocycles. The molecule has 0 aromatic heterocycles. The van der Waals surface area contributed by atoms with Crippen LogP contribution >= 0.6 is 23.5 Å². The molecule has 0 bridgehead atoms. The summed E-state index contributed by atoms with van der Waals surface area (Å²) in [6.45, 7) is 20.1. The van der Waals surface area contributed by atoms with Crippen LogP contribution in [0.15, 0.2) is 39.7 Å². The third kappa shape index (κ3) is 9.94. The maximum atomic E-state index is 6.79. The van der Waals surface area contributed by atoms with Crippen molar-refractivity contribution in [2.75, 3.05) is 0 Å². The van der Waals surface area contributed by atoms with Gasteiger partial charge >= 0.3 is 21.7 Å². The molecule has 6 heteroatoms. The monoisotopic (exact) mass is 509 g/mol. The zero-order chi connectivity index (χ0) is 19.8. The molecule has 1 atom stereocenters. The summed E-state index contributed by atoms with van der Waals surface area (Å²) in [4.78, 5) is 2.66. The fraction of sp³-hybridized carbons (Fsp3) is 0.652. The summed E-state index contributed by atoms with van der Waals surface area (Å²) in [6, 6.07) is 0. The van der Waals surface area contributed by atoms with E-state index >= 15 is 0 Å². The van der Waals surface area contributed by atoms with Crippen LogP contribution < -0.4 is 24.8 Å². The van der Waals surface area contributed by atoms with Crippen molar-refractivity contribution in [3.8, 4) is 0 Å². The van der Waals surface area contributed by atoms with Gasteiger partial charge in [0, 0.05) is 25.7 Å². The Labute approximate surface area is 215 Å². The fourth-order valence-electron chi connectivity index (χ4n) is 3.11. The van der Waals surface area contributed by atoms with Gasteiger partial charge in [-0.15, -0.1) is 29.9 Å². The van der Waals surface area contributed by atoms with Crippen LogP contribution in [-0.2, 0) is 26.5 Å². The molecule has 1 nitrogen and oxygen atoms in total. The molecule has 163 valence electrons. The molecule has 0 aromatic carbocycles.